The van der Waals surface area contributed by atoms with E-state index in [1.165, 1.54) is 18.2 Å². The number of benzene rings is 2. The monoisotopic (exact) mass is 316 g/mol. The molecule has 0 fully saturated rings. The Kier molecular flexibility index (Phi) is 5.57. The molecule has 0 aliphatic carbocycles. The number of nitrogens with zero attached hydrogens (tertiary/aromatic N) is 1. The lowest BCUT2D eigenvalue weighted by Gasteiger charge is -2.26. The van der Waals surface area contributed by atoms with Crippen LogP contribution in [0, 0.1) is 5.82 Å². The maximum atomic E-state index is 13.0. The Morgan fingerprint density at radius 2 is 1.91 bits per heavy atom. The van der Waals surface area contributed by atoms with Crippen molar-refractivity contribution in [3.63, 3.8) is 0 Å². The predicted octanol–water partition coefficient (Wildman–Crippen LogP) is 3.91. The first-order chi connectivity index (χ1) is 11.0. The maximum absolute atomic E-state index is 13.0. The molecule has 0 saturated carbocycles. The van der Waals surface area contributed by atoms with E-state index in [-0.39, 0.29) is 11.4 Å². The molecule has 0 heterocycles. The van der Waals surface area contributed by atoms with Gasteiger partial charge < -0.3 is 15.7 Å². The average Bonchev–Trinajstić information content (AvgIpc) is 2.53. The summed E-state index contributed by atoms with van der Waals surface area (Å²) < 4.78 is 13.0. The highest BCUT2D eigenvalue weighted by Gasteiger charge is 2.13. The number of nitrogens with two attached hydrogens (primary N) is 1. The van der Waals surface area contributed by atoms with Crippen LogP contribution in [-0.2, 0) is 6.54 Å². The lowest BCUT2D eigenvalue weighted by molar-refractivity contribution is 0.0697. The summed E-state index contributed by atoms with van der Waals surface area (Å²) >= 11 is 0. The molecule has 0 bridgehead atoms. The highest BCUT2D eigenvalue weighted by molar-refractivity contribution is 5.90. The Labute approximate surface area is 135 Å². The van der Waals surface area contributed by atoms with Gasteiger partial charge in [-0.05, 0) is 42.3 Å². The normalized spacial score (nSPS) is 10.5. The maximum Gasteiger partial charge on any atom is 0.335 e. The van der Waals surface area contributed by atoms with Gasteiger partial charge in [0.05, 0.1) is 16.9 Å². The molecule has 2 aromatic rings. The highest BCUT2D eigenvalue weighted by atomic mass is 19.1. The Balaban J connectivity index is 2.27. The van der Waals surface area contributed by atoms with E-state index in [0.29, 0.717) is 12.2 Å². The summed E-state index contributed by atoms with van der Waals surface area (Å²) in [7, 11) is 0. The number of aromatic carboxylic acids is 1. The number of unbranched alkanes of at least 4 members (excludes halogenated alkanes) is 1. The van der Waals surface area contributed by atoms with E-state index in [1.54, 1.807) is 24.3 Å². The Hall–Kier alpha value is -2.56. The standard InChI is InChI=1S/C18H21FN2O2/c1-2-3-10-21(12-13-4-7-15(19)8-5-13)17-9-6-14(18(22)23)11-16(17)20/h4-9,11H,2-3,10,12,20H2,1H3,(H,22,23). The van der Waals surface area contributed by atoms with Crippen LogP contribution in [0.25, 0.3) is 0 Å². The molecule has 5 heteroatoms. The van der Waals surface area contributed by atoms with Gasteiger partial charge >= 0.3 is 5.97 Å². The van der Waals surface area contributed by atoms with Crippen LogP contribution in [0.5, 0.6) is 0 Å². The van der Waals surface area contributed by atoms with Gasteiger partial charge in [0.15, 0.2) is 0 Å². The molecular formula is C18H21FN2O2. The highest BCUT2D eigenvalue weighted by Crippen LogP contribution is 2.26. The summed E-state index contributed by atoms with van der Waals surface area (Å²) in [5, 5.41) is 9.04. The lowest BCUT2D eigenvalue weighted by Crippen LogP contribution is -2.25. The van der Waals surface area contributed by atoms with Crippen LogP contribution in [0.3, 0.4) is 0 Å². The van der Waals surface area contributed by atoms with Crippen molar-refractivity contribution in [1.82, 2.24) is 0 Å². The molecule has 2 aromatic carbocycles. The van der Waals surface area contributed by atoms with Crippen molar-refractivity contribution in [2.24, 2.45) is 0 Å². The molecule has 3 N–H and O–H groups in total. The van der Waals surface area contributed by atoms with Crippen LogP contribution in [0.1, 0.15) is 35.7 Å². The molecule has 0 aliphatic heterocycles. The first-order valence-corrected chi connectivity index (χ1v) is 7.63. The van der Waals surface area contributed by atoms with E-state index in [1.807, 2.05) is 0 Å². The molecule has 0 saturated heterocycles. The van der Waals surface area contributed by atoms with Crippen LogP contribution >= 0.6 is 0 Å². The number of halogens is 1. The molecule has 0 unspecified atom stereocenters. The van der Waals surface area contributed by atoms with Gasteiger partial charge in [-0.25, -0.2) is 9.18 Å². The third kappa shape index (κ3) is 4.45. The van der Waals surface area contributed by atoms with Crippen molar-refractivity contribution >= 4 is 17.3 Å². The van der Waals surface area contributed by atoms with Crippen LogP contribution in [0.15, 0.2) is 42.5 Å². The molecule has 0 spiro atoms. The van der Waals surface area contributed by atoms with Crippen molar-refractivity contribution in [2.75, 3.05) is 17.2 Å². The Morgan fingerprint density at radius 3 is 2.48 bits per heavy atom. The zero-order valence-electron chi connectivity index (χ0n) is 13.1. The topological polar surface area (TPSA) is 66.6 Å². The fourth-order valence-electron chi connectivity index (χ4n) is 2.42. The van der Waals surface area contributed by atoms with E-state index in [4.69, 9.17) is 10.8 Å². The number of nitrogen functional groups attached to an aromatic ring is 1. The fourth-order valence-corrected chi connectivity index (χ4v) is 2.42. The average molecular weight is 316 g/mol. The molecule has 4 nitrogen and oxygen atoms in total. The quantitative estimate of drug-likeness (QED) is 0.760. The zero-order chi connectivity index (χ0) is 16.8. The van der Waals surface area contributed by atoms with Crippen LogP contribution in [0.2, 0.25) is 0 Å². The number of hydrogen-bond donors (Lipinski definition) is 2. The Bertz CT molecular complexity index is 671. The van der Waals surface area contributed by atoms with Crippen LogP contribution < -0.4 is 10.6 Å². The second-order valence-corrected chi connectivity index (χ2v) is 5.48. The molecule has 0 radical (unpaired) electrons. The first kappa shape index (κ1) is 16.8. The number of hydrogen-bond acceptors (Lipinski definition) is 3. The van der Waals surface area contributed by atoms with E-state index >= 15 is 0 Å². The molecule has 0 aromatic heterocycles. The molecule has 2 rings (SSSR count). The van der Waals surface area contributed by atoms with Crippen molar-refractivity contribution in [1.29, 1.82) is 0 Å². The fraction of sp³-hybridized carbons (Fsp3) is 0.278. The van der Waals surface area contributed by atoms with Gasteiger partial charge in [-0.2, -0.15) is 0 Å². The van der Waals surface area contributed by atoms with Gasteiger partial charge in [-0.15, -0.1) is 0 Å². The van der Waals surface area contributed by atoms with Crippen molar-refractivity contribution < 1.29 is 14.3 Å². The summed E-state index contributed by atoms with van der Waals surface area (Å²) in [6, 6.07) is 11.1. The van der Waals surface area contributed by atoms with Gasteiger partial charge in [-0.3, -0.25) is 0 Å². The van der Waals surface area contributed by atoms with Crippen LogP contribution in [-0.4, -0.2) is 17.6 Å². The van der Waals surface area contributed by atoms with Gasteiger partial charge in [-0.1, -0.05) is 25.5 Å². The Morgan fingerprint density at radius 1 is 1.22 bits per heavy atom. The summed E-state index contributed by atoms with van der Waals surface area (Å²) in [5.41, 5.74) is 8.42. The predicted molar refractivity (Wildman–Crippen MR) is 90.2 cm³/mol. The second-order valence-electron chi connectivity index (χ2n) is 5.48. The van der Waals surface area contributed by atoms with E-state index < -0.39 is 5.97 Å². The molecular weight excluding hydrogens is 295 g/mol. The summed E-state index contributed by atoms with van der Waals surface area (Å²) in [6.07, 6.45) is 2.02. The van der Waals surface area contributed by atoms with Crippen molar-refractivity contribution in [3.05, 3.63) is 59.4 Å². The number of carboxylic acid groups (broad SMARTS) is 1. The first-order valence-electron chi connectivity index (χ1n) is 7.63. The van der Waals surface area contributed by atoms with Crippen molar-refractivity contribution in [3.8, 4) is 0 Å². The van der Waals surface area contributed by atoms with E-state index in [9.17, 15) is 9.18 Å². The number of anilines is 2. The SMILES string of the molecule is CCCCN(Cc1ccc(F)cc1)c1ccc(C(=O)O)cc1N. The van der Waals surface area contributed by atoms with Gasteiger partial charge in [0.25, 0.3) is 0 Å². The molecule has 0 atom stereocenters. The van der Waals surface area contributed by atoms with Crippen molar-refractivity contribution in [2.45, 2.75) is 26.3 Å². The van der Waals surface area contributed by atoms with E-state index in [0.717, 1.165) is 30.6 Å². The lowest BCUT2D eigenvalue weighted by atomic mass is 10.1. The third-order valence-corrected chi connectivity index (χ3v) is 3.68. The third-order valence-electron chi connectivity index (χ3n) is 3.68. The number of carbonyl (C=O) groups is 1. The van der Waals surface area contributed by atoms with Crippen LogP contribution in [0.4, 0.5) is 15.8 Å². The summed E-state index contributed by atoms with van der Waals surface area (Å²) in [6.45, 7) is 3.49. The minimum Gasteiger partial charge on any atom is -0.478 e. The van der Waals surface area contributed by atoms with Gasteiger partial charge in [0.1, 0.15) is 5.82 Å². The molecule has 0 aliphatic rings. The smallest absolute Gasteiger partial charge is 0.335 e. The number of carboxylic acids is 1. The minimum atomic E-state index is -0.998. The largest absolute Gasteiger partial charge is 0.478 e. The number of rotatable bonds is 7. The van der Waals surface area contributed by atoms with Gasteiger partial charge in [0.2, 0.25) is 0 Å². The van der Waals surface area contributed by atoms with E-state index in [2.05, 4.69) is 11.8 Å². The molecule has 23 heavy (non-hydrogen) atoms. The second kappa shape index (κ2) is 7.63. The van der Waals surface area contributed by atoms with Gasteiger partial charge in [0, 0.05) is 13.1 Å². The molecule has 122 valence electrons. The zero-order valence-corrected chi connectivity index (χ0v) is 13.1. The molecule has 0 amide bonds. The summed E-state index contributed by atoms with van der Waals surface area (Å²) in [5.74, 6) is -1.26. The summed E-state index contributed by atoms with van der Waals surface area (Å²) in [4.78, 5) is 13.1. The minimum absolute atomic E-state index is 0.170.